The Morgan fingerprint density at radius 1 is 0.526 bits per heavy atom. The van der Waals surface area contributed by atoms with Crippen molar-refractivity contribution in [3.05, 3.63) is 145 Å². The minimum Gasteiger partial charge on any atom is -0.244 e. The lowest BCUT2D eigenvalue weighted by atomic mass is 9.95. The number of rotatable bonds is 6. The molecule has 1 aliphatic rings. The number of benzene rings is 4. The van der Waals surface area contributed by atoms with E-state index in [2.05, 4.69) is 122 Å². The number of allylic oxidation sites excluding steroid dienone is 4. The molecule has 2 heteroatoms. The second-order valence-corrected chi connectivity index (χ2v) is 9.41. The van der Waals surface area contributed by atoms with Crippen molar-refractivity contribution in [2.45, 2.75) is 12.8 Å². The van der Waals surface area contributed by atoms with E-state index in [4.69, 9.17) is 9.97 Å². The van der Waals surface area contributed by atoms with Gasteiger partial charge in [-0.1, -0.05) is 140 Å². The maximum absolute atomic E-state index is 5.37. The van der Waals surface area contributed by atoms with Gasteiger partial charge < -0.3 is 0 Å². The van der Waals surface area contributed by atoms with Crippen LogP contribution in [0, 0.1) is 0 Å². The molecule has 0 atom stereocenters. The molecule has 0 spiro atoms. The Morgan fingerprint density at radius 2 is 1.00 bits per heavy atom. The summed E-state index contributed by atoms with van der Waals surface area (Å²) in [6.07, 6.45) is 10.4. The molecular formula is C36H28N2. The first-order valence-corrected chi connectivity index (χ1v) is 13.0. The van der Waals surface area contributed by atoms with E-state index in [1.165, 1.54) is 16.7 Å². The first-order valence-electron chi connectivity index (χ1n) is 13.0. The molecule has 1 aliphatic carbocycles. The zero-order valence-electron chi connectivity index (χ0n) is 21.2. The highest BCUT2D eigenvalue weighted by Crippen LogP contribution is 2.37. The second-order valence-electron chi connectivity index (χ2n) is 9.41. The number of hydrogen-bond acceptors (Lipinski definition) is 2. The van der Waals surface area contributed by atoms with Gasteiger partial charge in [-0.3, -0.25) is 0 Å². The molecule has 1 aromatic heterocycles. The van der Waals surface area contributed by atoms with E-state index in [9.17, 15) is 0 Å². The van der Waals surface area contributed by atoms with Gasteiger partial charge >= 0.3 is 0 Å². The summed E-state index contributed by atoms with van der Waals surface area (Å²) in [7, 11) is 0. The largest absolute Gasteiger partial charge is 0.244 e. The fourth-order valence-electron chi connectivity index (χ4n) is 4.89. The standard InChI is InChI=1S/C36H28N2/c1-2-26-18-20-27(21-19-26)28-22-24-32(25-23-28)36-35(31-16-10-5-11-17-31)37-33(29-12-6-3-7-13-29)34(38-36)30-14-8-4-9-15-30/h2-8,10-14,16-25H,1,9,15H2. The summed E-state index contributed by atoms with van der Waals surface area (Å²) in [4.78, 5) is 10.7. The zero-order valence-corrected chi connectivity index (χ0v) is 21.2. The van der Waals surface area contributed by atoms with Crippen LogP contribution in [0.15, 0.2) is 134 Å². The smallest absolute Gasteiger partial charge is 0.0973 e. The lowest BCUT2D eigenvalue weighted by molar-refractivity contribution is 1.03. The van der Waals surface area contributed by atoms with E-state index < -0.39 is 0 Å². The summed E-state index contributed by atoms with van der Waals surface area (Å²) in [5.74, 6) is 0. The Hall–Kier alpha value is -4.82. The molecule has 5 aromatic rings. The van der Waals surface area contributed by atoms with E-state index in [0.717, 1.165) is 57.9 Å². The molecular weight excluding hydrogens is 460 g/mol. The van der Waals surface area contributed by atoms with Crippen molar-refractivity contribution in [2.24, 2.45) is 0 Å². The van der Waals surface area contributed by atoms with Crippen LogP contribution in [0.1, 0.15) is 24.1 Å². The summed E-state index contributed by atoms with van der Waals surface area (Å²) in [5, 5.41) is 0. The van der Waals surface area contributed by atoms with E-state index >= 15 is 0 Å². The van der Waals surface area contributed by atoms with Gasteiger partial charge in [-0.05, 0) is 35.1 Å². The van der Waals surface area contributed by atoms with Gasteiger partial charge in [0.15, 0.2) is 0 Å². The Balaban J connectivity index is 1.53. The van der Waals surface area contributed by atoms with E-state index in [0.29, 0.717) is 0 Å². The molecule has 38 heavy (non-hydrogen) atoms. The van der Waals surface area contributed by atoms with Crippen LogP contribution in [0.2, 0.25) is 0 Å². The van der Waals surface area contributed by atoms with E-state index in [1.807, 2.05) is 18.2 Å². The fraction of sp³-hybridized carbons (Fsp3) is 0.0556. The van der Waals surface area contributed by atoms with Crippen molar-refractivity contribution in [3.8, 4) is 44.9 Å². The molecule has 2 nitrogen and oxygen atoms in total. The molecule has 6 rings (SSSR count). The molecule has 0 saturated carbocycles. The highest BCUT2D eigenvalue weighted by Gasteiger charge is 2.20. The summed E-state index contributed by atoms with van der Waals surface area (Å²) in [5.41, 5.74) is 11.5. The third kappa shape index (κ3) is 4.77. The summed E-state index contributed by atoms with van der Waals surface area (Å²) < 4.78 is 0. The van der Waals surface area contributed by atoms with Crippen LogP contribution < -0.4 is 0 Å². The highest BCUT2D eigenvalue weighted by atomic mass is 14.9. The fourth-order valence-corrected chi connectivity index (χ4v) is 4.89. The second kappa shape index (κ2) is 10.7. The molecule has 182 valence electrons. The van der Waals surface area contributed by atoms with Gasteiger partial charge in [-0.25, -0.2) is 9.97 Å². The lowest BCUT2D eigenvalue weighted by Crippen LogP contribution is -2.04. The van der Waals surface area contributed by atoms with Crippen molar-refractivity contribution >= 4 is 11.6 Å². The van der Waals surface area contributed by atoms with Gasteiger partial charge in [0.1, 0.15) is 0 Å². The average Bonchev–Trinajstić information content (AvgIpc) is 3.02. The van der Waals surface area contributed by atoms with Crippen LogP contribution in [0.5, 0.6) is 0 Å². The van der Waals surface area contributed by atoms with Crippen LogP contribution in [0.4, 0.5) is 0 Å². The Kier molecular flexibility index (Phi) is 6.61. The van der Waals surface area contributed by atoms with Gasteiger partial charge in [-0.2, -0.15) is 0 Å². The van der Waals surface area contributed by atoms with Gasteiger partial charge in [-0.15, -0.1) is 0 Å². The van der Waals surface area contributed by atoms with E-state index in [-0.39, 0.29) is 0 Å². The molecule has 0 N–H and O–H groups in total. The van der Waals surface area contributed by atoms with E-state index in [1.54, 1.807) is 0 Å². The monoisotopic (exact) mass is 488 g/mol. The van der Waals surface area contributed by atoms with Crippen molar-refractivity contribution in [1.82, 2.24) is 9.97 Å². The van der Waals surface area contributed by atoms with Gasteiger partial charge in [0.05, 0.1) is 22.8 Å². The third-order valence-corrected chi connectivity index (χ3v) is 6.95. The van der Waals surface area contributed by atoms with Crippen LogP contribution in [-0.2, 0) is 0 Å². The summed E-state index contributed by atoms with van der Waals surface area (Å²) in [6, 6.07) is 37.9. The molecule has 0 radical (unpaired) electrons. The Labute approximate surface area is 224 Å². The highest BCUT2D eigenvalue weighted by molar-refractivity contribution is 5.86. The zero-order chi connectivity index (χ0) is 25.7. The van der Waals surface area contributed by atoms with Gasteiger partial charge in [0.25, 0.3) is 0 Å². The van der Waals surface area contributed by atoms with Gasteiger partial charge in [0, 0.05) is 16.7 Å². The molecule has 0 bridgehead atoms. The maximum Gasteiger partial charge on any atom is 0.0973 e. The molecule has 0 unspecified atom stereocenters. The molecule has 0 amide bonds. The van der Waals surface area contributed by atoms with Crippen molar-refractivity contribution in [2.75, 3.05) is 0 Å². The predicted molar refractivity (Wildman–Crippen MR) is 160 cm³/mol. The minimum atomic E-state index is 0.892. The Bertz CT molecular complexity index is 1630. The first kappa shape index (κ1) is 23.6. The lowest BCUT2D eigenvalue weighted by Gasteiger charge is -2.18. The molecule has 0 saturated heterocycles. The molecule has 0 fully saturated rings. The predicted octanol–water partition coefficient (Wildman–Crippen LogP) is 9.52. The molecule has 0 aliphatic heterocycles. The quantitative estimate of drug-likeness (QED) is 0.238. The van der Waals surface area contributed by atoms with Crippen LogP contribution in [-0.4, -0.2) is 9.97 Å². The summed E-state index contributed by atoms with van der Waals surface area (Å²) >= 11 is 0. The third-order valence-electron chi connectivity index (χ3n) is 6.95. The first-order chi connectivity index (χ1) is 18.8. The van der Waals surface area contributed by atoms with Crippen molar-refractivity contribution in [1.29, 1.82) is 0 Å². The normalized spacial score (nSPS) is 12.7. The van der Waals surface area contributed by atoms with Crippen molar-refractivity contribution < 1.29 is 0 Å². The number of aromatic nitrogens is 2. The van der Waals surface area contributed by atoms with Crippen LogP contribution in [0.25, 0.3) is 56.5 Å². The van der Waals surface area contributed by atoms with Crippen molar-refractivity contribution in [3.63, 3.8) is 0 Å². The van der Waals surface area contributed by atoms with Crippen LogP contribution in [0.3, 0.4) is 0 Å². The maximum atomic E-state index is 5.37. The molecule has 1 heterocycles. The summed E-state index contributed by atoms with van der Waals surface area (Å²) in [6.45, 7) is 3.86. The van der Waals surface area contributed by atoms with Crippen LogP contribution >= 0.6 is 0 Å². The Morgan fingerprint density at radius 3 is 1.53 bits per heavy atom. The topological polar surface area (TPSA) is 25.8 Å². The molecule has 4 aromatic carbocycles. The average molecular weight is 489 g/mol. The van der Waals surface area contributed by atoms with Gasteiger partial charge in [0.2, 0.25) is 0 Å². The number of nitrogens with zero attached hydrogens (tertiary/aromatic N) is 2. The number of hydrogen-bond donors (Lipinski definition) is 0. The minimum absolute atomic E-state index is 0.892. The SMILES string of the molecule is C=Cc1ccc(-c2ccc(-c3nc(C4=CC=CCC4)c(-c4ccccc4)nc3-c3ccccc3)cc2)cc1.